The van der Waals surface area contributed by atoms with E-state index in [-0.39, 0.29) is 12.1 Å². The number of anilines is 1. The van der Waals surface area contributed by atoms with E-state index in [4.69, 9.17) is 16.3 Å². The van der Waals surface area contributed by atoms with Gasteiger partial charge in [-0.15, -0.1) is 0 Å². The maximum Gasteiger partial charge on any atom is 0.322 e. The second-order valence-electron chi connectivity index (χ2n) is 7.18. The van der Waals surface area contributed by atoms with Crippen molar-refractivity contribution in [3.63, 3.8) is 0 Å². The van der Waals surface area contributed by atoms with Crippen LogP contribution in [0.25, 0.3) is 0 Å². The molecule has 2 amide bonds. The summed E-state index contributed by atoms with van der Waals surface area (Å²) in [6.45, 7) is 2.57. The molecule has 0 fully saturated rings. The number of carbonyl (C=O) groups is 1. The highest BCUT2D eigenvalue weighted by atomic mass is 35.5. The predicted molar refractivity (Wildman–Crippen MR) is 117 cm³/mol. The van der Waals surface area contributed by atoms with E-state index in [0.717, 1.165) is 34.5 Å². The second-order valence-corrected chi connectivity index (χ2v) is 7.58. The van der Waals surface area contributed by atoms with Gasteiger partial charge in [0.15, 0.2) is 0 Å². The average Bonchev–Trinajstić information content (AvgIpc) is 2.74. The van der Waals surface area contributed by atoms with Gasteiger partial charge in [0.05, 0.1) is 13.2 Å². The standard InChI is InChI=1S/C24H23ClN2O2/c1-16-15-18(29-2)11-12-22(16)26-24(28)27-14-13-17-7-3-4-8-19(17)23(27)20-9-5-6-10-21(20)25/h3-12,15,23H,13-14H2,1-2H3,(H,26,28)/t23-/m0/s1. The Hall–Kier alpha value is -2.98. The molecular formula is C24H23ClN2O2. The van der Waals surface area contributed by atoms with E-state index in [0.29, 0.717) is 11.6 Å². The van der Waals surface area contributed by atoms with E-state index in [1.165, 1.54) is 5.56 Å². The summed E-state index contributed by atoms with van der Waals surface area (Å²) in [4.78, 5) is 15.2. The number of carbonyl (C=O) groups excluding carboxylic acids is 1. The van der Waals surface area contributed by atoms with Gasteiger partial charge in [0.2, 0.25) is 0 Å². The van der Waals surface area contributed by atoms with Gasteiger partial charge in [-0.2, -0.15) is 0 Å². The first-order chi connectivity index (χ1) is 14.1. The molecule has 0 saturated carbocycles. The van der Waals surface area contributed by atoms with Crippen LogP contribution in [0, 0.1) is 6.92 Å². The monoisotopic (exact) mass is 406 g/mol. The minimum atomic E-state index is -0.229. The molecular weight excluding hydrogens is 384 g/mol. The van der Waals surface area contributed by atoms with E-state index in [2.05, 4.69) is 17.4 Å². The number of amides is 2. The van der Waals surface area contributed by atoms with Crippen LogP contribution in [0.15, 0.2) is 66.7 Å². The van der Waals surface area contributed by atoms with Crippen molar-refractivity contribution in [2.75, 3.05) is 19.0 Å². The van der Waals surface area contributed by atoms with Gasteiger partial charge in [-0.3, -0.25) is 0 Å². The molecule has 1 aliphatic heterocycles. The molecule has 1 aliphatic rings. The van der Waals surface area contributed by atoms with Crippen molar-refractivity contribution < 1.29 is 9.53 Å². The lowest BCUT2D eigenvalue weighted by Crippen LogP contribution is -2.43. The summed E-state index contributed by atoms with van der Waals surface area (Å²) in [5.41, 5.74) is 5.02. The zero-order chi connectivity index (χ0) is 20.4. The van der Waals surface area contributed by atoms with Gasteiger partial charge in [-0.05, 0) is 59.9 Å². The summed E-state index contributed by atoms with van der Waals surface area (Å²) < 4.78 is 5.26. The zero-order valence-corrected chi connectivity index (χ0v) is 17.2. The average molecular weight is 407 g/mol. The Labute approximate surface area is 176 Å². The van der Waals surface area contributed by atoms with Crippen molar-refractivity contribution in [3.05, 3.63) is 94.0 Å². The number of urea groups is 1. The lowest BCUT2D eigenvalue weighted by molar-refractivity contribution is 0.194. The van der Waals surface area contributed by atoms with Crippen LogP contribution in [0.3, 0.4) is 0 Å². The molecule has 0 radical (unpaired) electrons. The first-order valence-electron chi connectivity index (χ1n) is 9.63. The number of aryl methyl sites for hydroxylation is 1. The molecule has 29 heavy (non-hydrogen) atoms. The molecule has 3 aromatic carbocycles. The van der Waals surface area contributed by atoms with Crippen LogP contribution < -0.4 is 10.1 Å². The fourth-order valence-corrected chi connectivity index (χ4v) is 4.15. The van der Waals surface area contributed by atoms with E-state index in [1.807, 2.05) is 66.4 Å². The molecule has 148 valence electrons. The van der Waals surface area contributed by atoms with Crippen molar-refractivity contribution in [2.24, 2.45) is 0 Å². The first kappa shape index (κ1) is 19.3. The summed E-state index contributed by atoms with van der Waals surface area (Å²) >= 11 is 6.54. The summed E-state index contributed by atoms with van der Waals surface area (Å²) in [6, 6.07) is 21.3. The number of nitrogens with zero attached hydrogens (tertiary/aromatic N) is 1. The minimum Gasteiger partial charge on any atom is -0.497 e. The van der Waals surface area contributed by atoms with Gasteiger partial charge < -0.3 is 15.0 Å². The van der Waals surface area contributed by atoms with Crippen molar-refractivity contribution in [1.29, 1.82) is 0 Å². The first-order valence-corrected chi connectivity index (χ1v) is 10.0. The number of halogens is 1. The fourth-order valence-electron chi connectivity index (χ4n) is 3.91. The maximum absolute atomic E-state index is 13.3. The minimum absolute atomic E-state index is 0.141. The normalized spacial score (nSPS) is 15.6. The van der Waals surface area contributed by atoms with Gasteiger partial charge in [-0.1, -0.05) is 54.1 Å². The Morgan fingerprint density at radius 2 is 1.79 bits per heavy atom. The Kier molecular flexibility index (Phi) is 5.45. The number of methoxy groups -OCH3 is 1. The Balaban J connectivity index is 1.70. The Morgan fingerprint density at radius 1 is 1.07 bits per heavy atom. The number of nitrogens with one attached hydrogen (secondary N) is 1. The predicted octanol–water partition coefficient (Wildman–Crippen LogP) is 5.84. The maximum atomic E-state index is 13.3. The molecule has 0 unspecified atom stereocenters. The van der Waals surface area contributed by atoms with Crippen molar-refractivity contribution in [2.45, 2.75) is 19.4 Å². The highest BCUT2D eigenvalue weighted by Gasteiger charge is 2.33. The second kappa shape index (κ2) is 8.18. The molecule has 4 rings (SSSR count). The highest BCUT2D eigenvalue weighted by molar-refractivity contribution is 6.31. The largest absolute Gasteiger partial charge is 0.497 e. The summed E-state index contributed by atoms with van der Waals surface area (Å²) in [5, 5.41) is 3.73. The molecule has 0 aliphatic carbocycles. The number of rotatable bonds is 3. The third-order valence-corrected chi connectivity index (χ3v) is 5.76. The molecule has 0 saturated heterocycles. The van der Waals surface area contributed by atoms with Crippen molar-refractivity contribution in [1.82, 2.24) is 4.90 Å². The van der Waals surface area contributed by atoms with Crippen LogP contribution in [-0.4, -0.2) is 24.6 Å². The highest BCUT2D eigenvalue weighted by Crippen LogP contribution is 2.38. The van der Waals surface area contributed by atoms with Crippen molar-refractivity contribution in [3.8, 4) is 5.75 Å². The van der Waals surface area contributed by atoms with Crippen LogP contribution in [0.2, 0.25) is 5.02 Å². The van der Waals surface area contributed by atoms with Crippen LogP contribution in [0.4, 0.5) is 10.5 Å². The molecule has 0 bridgehead atoms. The van der Waals surface area contributed by atoms with E-state index in [9.17, 15) is 4.79 Å². The Bertz CT molecular complexity index is 1050. The molecule has 5 heteroatoms. The van der Waals surface area contributed by atoms with Crippen LogP contribution >= 0.6 is 11.6 Å². The van der Waals surface area contributed by atoms with Gasteiger partial charge >= 0.3 is 6.03 Å². The molecule has 1 N–H and O–H groups in total. The Morgan fingerprint density at radius 3 is 2.52 bits per heavy atom. The molecule has 1 atom stereocenters. The molecule has 0 aromatic heterocycles. The molecule has 3 aromatic rings. The lowest BCUT2D eigenvalue weighted by Gasteiger charge is -2.38. The molecule has 1 heterocycles. The third-order valence-electron chi connectivity index (χ3n) is 5.42. The SMILES string of the molecule is COc1ccc(NC(=O)N2CCc3ccccc3[C@H]2c2ccccc2Cl)c(C)c1. The van der Waals surface area contributed by atoms with Gasteiger partial charge in [0, 0.05) is 17.3 Å². The van der Waals surface area contributed by atoms with Gasteiger partial charge in [0.25, 0.3) is 0 Å². The number of ether oxygens (including phenoxy) is 1. The lowest BCUT2D eigenvalue weighted by atomic mass is 9.88. The summed E-state index contributed by atoms with van der Waals surface area (Å²) in [7, 11) is 1.63. The van der Waals surface area contributed by atoms with Crippen molar-refractivity contribution >= 4 is 23.3 Å². The van der Waals surface area contributed by atoms with Gasteiger partial charge in [-0.25, -0.2) is 4.79 Å². The molecule has 4 nitrogen and oxygen atoms in total. The fraction of sp³-hybridized carbons (Fsp3) is 0.208. The number of hydrogen-bond donors (Lipinski definition) is 1. The van der Waals surface area contributed by atoms with Crippen LogP contribution in [0.1, 0.15) is 28.3 Å². The van der Waals surface area contributed by atoms with E-state index >= 15 is 0 Å². The van der Waals surface area contributed by atoms with E-state index < -0.39 is 0 Å². The smallest absolute Gasteiger partial charge is 0.322 e. The number of benzene rings is 3. The number of fused-ring (bicyclic) bond motifs is 1. The van der Waals surface area contributed by atoms with Gasteiger partial charge in [0.1, 0.15) is 5.75 Å². The quantitative estimate of drug-likeness (QED) is 0.593. The third kappa shape index (κ3) is 3.81. The zero-order valence-electron chi connectivity index (χ0n) is 16.5. The molecule has 0 spiro atoms. The summed E-state index contributed by atoms with van der Waals surface area (Å²) in [5.74, 6) is 0.765. The van der Waals surface area contributed by atoms with E-state index in [1.54, 1.807) is 7.11 Å². The summed E-state index contributed by atoms with van der Waals surface area (Å²) in [6.07, 6.45) is 0.812. The number of hydrogen-bond acceptors (Lipinski definition) is 2. The van der Waals surface area contributed by atoms with Crippen LogP contribution in [-0.2, 0) is 6.42 Å². The van der Waals surface area contributed by atoms with Crippen LogP contribution in [0.5, 0.6) is 5.75 Å². The topological polar surface area (TPSA) is 41.6 Å².